The number of aliphatic hydroxyl groups is 1. The van der Waals surface area contributed by atoms with Gasteiger partial charge in [-0.1, -0.05) is 0 Å². The molecule has 1 heterocycles. The normalized spacial score (nSPS) is 42.0. The Bertz CT molecular complexity index is 493. The molecule has 0 aromatic carbocycles. The van der Waals surface area contributed by atoms with Crippen LogP contribution in [-0.2, 0) is 14.6 Å². The van der Waals surface area contributed by atoms with Crippen molar-refractivity contribution < 1.29 is 28.5 Å². The average Bonchev–Trinajstić information content (AvgIpc) is 3.02. The van der Waals surface area contributed by atoms with Gasteiger partial charge in [0.1, 0.15) is 0 Å². The van der Waals surface area contributed by atoms with Gasteiger partial charge in [-0.05, 0) is 49.6 Å². The molecule has 6 unspecified atom stereocenters. The summed E-state index contributed by atoms with van der Waals surface area (Å²) in [5.41, 5.74) is 0. The fourth-order valence-corrected chi connectivity index (χ4v) is 4.63. The van der Waals surface area contributed by atoms with Crippen molar-refractivity contribution in [1.29, 1.82) is 0 Å². The van der Waals surface area contributed by atoms with Crippen LogP contribution in [0.5, 0.6) is 0 Å². The maximum atomic E-state index is 13.4. The lowest BCUT2D eigenvalue weighted by Gasteiger charge is -2.42. The standard InChI is InChI=1S/C16H25ClF2N2O4/c1-24-25-7-11-10(4-5-12(20-11)16(17,18)19)21-13-14(22)8-2-3-9(6-8)15(13)23/h8-14,20-22H,2-7H2,1H3/t8-,9?,10?,11?,12?,13?,14?/m1/s1. The van der Waals surface area contributed by atoms with Crippen molar-refractivity contribution in [2.24, 2.45) is 11.8 Å². The number of carbonyl (C=O) groups is 1. The van der Waals surface area contributed by atoms with Crippen LogP contribution < -0.4 is 10.6 Å². The minimum absolute atomic E-state index is 0.00366. The van der Waals surface area contributed by atoms with Gasteiger partial charge in [-0.15, -0.1) is 0 Å². The number of aliphatic hydroxyl groups excluding tert-OH is 1. The number of fused-ring (bicyclic) bond motifs is 2. The monoisotopic (exact) mass is 382 g/mol. The van der Waals surface area contributed by atoms with Gasteiger partial charge in [0, 0.05) is 18.0 Å². The van der Waals surface area contributed by atoms with E-state index < -0.39 is 29.6 Å². The molecule has 0 spiro atoms. The molecule has 2 saturated carbocycles. The van der Waals surface area contributed by atoms with Crippen molar-refractivity contribution in [2.75, 3.05) is 13.7 Å². The van der Waals surface area contributed by atoms with E-state index >= 15 is 0 Å². The number of carbonyl (C=O) groups excluding carboxylic acids is 1. The van der Waals surface area contributed by atoms with Gasteiger partial charge in [0.25, 0.3) is 0 Å². The maximum absolute atomic E-state index is 13.4. The molecule has 3 aliphatic rings. The number of halogens is 3. The van der Waals surface area contributed by atoms with Gasteiger partial charge in [-0.3, -0.25) is 4.79 Å². The lowest BCUT2D eigenvalue weighted by molar-refractivity contribution is -0.278. The first kappa shape index (κ1) is 19.4. The highest BCUT2D eigenvalue weighted by molar-refractivity contribution is 6.22. The summed E-state index contributed by atoms with van der Waals surface area (Å²) in [6, 6.07) is -2.65. The maximum Gasteiger partial charge on any atom is 0.336 e. The van der Waals surface area contributed by atoms with Crippen molar-refractivity contribution in [3.8, 4) is 0 Å². The third-order valence-corrected chi connectivity index (χ3v) is 6.09. The van der Waals surface area contributed by atoms with E-state index in [9.17, 15) is 18.7 Å². The van der Waals surface area contributed by atoms with Crippen LogP contribution in [0.15, 0.2) is 0 Å². The molecule has 2 bridgehead atoms. The van der Waals surface area contributed by atoms with E-state index in [1.54, 1.807) is 0 Å². The number of hydrogen-bond acceptors (Lipinski definition) is 6. The van der Waals surface area contributed by atoms with E-state index in [2.05, 4.69) is 15.5 Å². The highest BCUT2D eigenvalue weighted by Gasteiger charge is 2.49. The van der Waals surface area contributed by atoms with Crippen LogP contribution in [-0.4, -0.2) is 60.3 Å². The average molecular weight is 383 g/mol. The molecule has 3 N–H and O–H groups in total. The Balaban J connectivity index is 1.68. The molecule has 25 heavy (non-hydrogen) atoms. The fraction of sp³-hybridized carbons (Fsp3) is 0.938. The summed E-state index contributed by atoms with van der Waals surface area (Å²) >= 11 is 5.16. The number of piperidine rings is 1. The molecule has 144 valence electrons. The van der Waals surface area contributed by atoms with Crippen LogP contribution in [0.25, 0.3) is 0 Å². The molecule has 7 atom stereocenters. The Morgan fingerprint density at radius 2 is 2.12 bits per heavy atom. The zero-order valence-electron chi connectivity index (χ0n) is 14.1. The number of alkyl halides is 3. The molecule has 6 nitrogen and oxygen atoms in total. The Morgan fingerprint density at radius 3 is 2.80 bits per heavy atom. The molecule has 0 aromatic rings. The van der Waals surface area contributed by atoms with E-state index in [1.165, 1.54) is 7.11 Å². The first-order valence-corrected chi connectivity index (χ1v) is 9.15. The van der Waals surface area contributed by atoms with Crippen molar-refractivity contribution >= 4 is 17.4 Å². The quantitative estimate of drug-likeness (QED) is 0.364. The molecule has 3 rings (SSSR count). The first-order valence-electron chi connectivity index (χ1n) is 8.77. The SMILES string of the molecule is COOCC1NC(C(F)(F)Cl)CCC1NC1C(=O)C2CC[C@H](C2)C1O. The number of nitrogens with one attached hydrogen (secondary N) is 2. The first-order chi connectivity index (χ1) is 11.8. The van der Waals surface area contributed by atoms with Crippen molar-refractivity contribution in [2.45, 2.75) is 67.8 Å². The molecule has 0 aromatic heterocycles. The fourth-order valence-electron chi connectivity index (χ4n) is 4.46. The minimum Gasteiger partial charge on any atom is -0.391 e. The van der Waals surface area contributed by atoms with Gasteiger partial charge >= 0.3 is 5.38 Å². The second kappa shape index (κ2) is 7.70. The number of rotatable bonds is 6. The molecule has 2 aliphatic carbocycles. The van der Waals surface area contributed by atoms with Gasteiger partial charge < -0.3 is 15.7 Å². The predicted octanol–water partition coefficient (Wildman–Crippen LogP) is 1.20. The smallest absolute Gasteiger partial charge is 0.336 e. The molecule has 1 saturated heterocycles. The van der Waals surface area contributed by atoms with Gasteiger partial charge in [0.05, 0.1) is 31.9 Å². The summed E-state index contributed by atoms with van der Waals surface area (Å²) < 4.78 is 26.9. The van der Waals surface area contributed by atoms with Crippen LogP contribution in [0, 0.1) is 11.8 Å². The molecule has 9 heteroatoms. The minimum atomic E-state index is -3.37. The largest absolute Gasteiger partial charge is 0.391 e. The van der Waals surface area contributed by atoms with Crippen LogP contribution in [0.4, 0.5) is 8.78 Å². The summed E-state index contributed by atoms with van der Waals surface area (Å²) in [5.74, 6) is 0.152. The highest BCUT2D eigenvalue weighted by Crippen LogP contribution is 2.40. The number of ketones is 1. The van der Waals surface area contributed by atoms with E-state index in [-0.39, 0.29) is 36.7 Å². The third-order valence-electron chi connectivity index (χ3n) is 5.83. The predicted molar refractivity (Wildman–Crippen MR) is 86.3 cm³/mol. The van der Waals surface area contributed by atoms with Crippen molar-refractivity contribution in [1.82, 2.24) is 10.6 Å². The zero-order valence-corrected chi connectivity index (χ0v) is 14.8. The Kier molecular flexibility index (Phi) is 5.97. The van der Waals surface area contributed by atoms with Crippen LogP contribution in [0.2, 0.25) is 0 Å². The molecular weight excluding hydrogens is 358 g/mol. The lowest BCUT2D eigenvalue weighted by atomic mass is 9.80. The van der Waals surface area contributed by atoms with E-state index in [0.717, 1.165) is 19.3 Å². The lowest BCUT2D eigenvalue weighted by Crippen LogP contribution is -2.65. The molecule has 1 aliphatic heterocycles. The Labute approximate surface area is 150 Å². The third kappa shape index (κ3) is 4.14. The van der Waals surface area contributed by atoms with Crippen molar-refractivity contribution in [3.05, 3.63) is 0 Å². The summed E-state index contributed by atoms with van der Waals surface area (Å²) in [5, 5.41) is 13.1. The van der Waals surface area contributed by atoms with E-state index in [4.69, 9.17) is 16.5 Å². The highest BCUT2D eigenvalue weighted by atomic mass is 35.5. The summed E-state index contributed by atoms with van der Waals surface area (Å²) in [4.78, 5) is 22.1. The van der Waals surface area contributed by atoms with Crippen LogP contribution >= 0.6 is 11.6 Å². The number of hydrogen-bond donors (Lipinski definition) is 3. The van der Waals surface area contributed by atoms with Gasteiger partial charge in [0.2, 0.25) is 0 Å². The number of Topliss-reactive ketones (excluding diaryl/α,β-unsaturated/α-hetero) is 1. The van der Waals surface area contributed by atoms with Crippen molar-refractivity contribution in [3.63, 3.8) is 0 Å². The molecular formula is C16H25ClF2N2O4. The molecule has 3 fully saturated rings. The summed E-state index contributed by atoms with van der Waals surface area (Å²) in [6.07, 6.45) is 2.24. The van der Waals surface area contributed by atoms with Crippen LogP contribution in [0.3, 0.4) is 0 Å². The Morgan fingerprint density at radius 1 is 1.36 bits per heavy atom. The molecule has 0 radical (unpaired) electrons. The van der Waals surface area contributed by atoms with Gasteiger partial charge in [0.15, 0.2) is 5.78 Å². The summed E-state index contributed by atoms with van der Waals surface area (Å²) in [7, 11) is 1.34. The van der Waals surface area contributed by atoms with Gasteiger partial charge in [-0.2, -0.15) is 8.78 Å². The summed E-state index contributed by atoms with van der Waals surface area (Å²) in [6.45, 7) is 0.0293. The second-order valence-electron chi connectivity index (χ2n) is 7.31. The van der Waals surface area contributed by atoms with E-state index in [0.29, 0.717) is 6.42 Å². The molecule has 0 amide bonds. The van der Waals surface area contributed by atoms with E-state index in [1.807, 2.05) is 0 Å². The second-order valence-corrected chi connectivity index (χ2v) is 7.81. The topological polar surface area (TPSA) is 79.8 Å². The zero-order chi connectivity index (χ0) is 18.2. The van der Waals surface area contributed by atoms with Crippen LogP contribution in [0.1, 0.15) is 32.1 Å². The Hall–Kier alpha value is -0.380. The van der Waals surface area contributed by atoms with Gasteiger partial charge in [-0.25, -0.2) is 9.78 Å².